The summed E-state index contributed by atoms with van der Waals surface area (Å²) in [6.07, 6.45) is 0.295. The van der Waals surface area contributed by atoms with Gasteiger partial charge in [-0.1, -0.05) is 24.3 Å². The van der Waals surface area contributed by atoms with Crippen molar-refractivity contribution in [2.75, 3.05) is 26.4 Å². The lowest BCUT2D eigenvalue weighted by Gasteiger charge is -2.25. The highest BCUT2D eigenvalue weighted by Crippen LogP contribution is 2.18. The Labute approximate surface area is 160 Å². The first kappa shape index (κ1) is 23.2. The molecule has 0 spiro atoms. The van der Waals surface area contributed by atoms with Crippen LogP contribution in [0.4, 0.5) is 10.1 Å². The van der Waals surface area contributed by atoms with Gasteiger partial charge in [0.05, 0.1) is 12.5 Å². The highest BCUT2D eigenvalue weighted by molar-refractivity contribution is 5.85. The molecule has 0 saturated heterocycles. The van der Waals surface area contributed by atoms with Gasteiger partial charge in [0.25, 0.3) is 0 Å². The maximum absolute atomic E-state index is 13.4. The van der Waals surface area contributed by atoms with Crippen molar-refractivity contribution in [3.63, 3.8) is 0 Å². The lowest BCUT2D eigenvalue weighted by Crippen LogP contribution is -2.35. The molecule has 0 saturated carbocycles. The molecule has 0 heterocycles. The first-order chi connectivity index (χ1) is 11.0. The van der Waals surface area contributed by atoms with Gasteiger partial charge >= 0.3 is 0 Å². The molecule has 0 bridgehead atoms. The van der Waals surface area contributed by atoms with Crippen molar-refractivity contribution in [3.05, 3.63) is 65.5 Å². The molecule has 0 aromatic heterocycles. The predicted molar refractivity (Wildman–Crippen MR) is 105 cm³/mol. The maximum atomic E-state index is 13.4. The number of benzene rings is 2. The van der Waals surface area contributed by atoms with Crippen LogP contribution < -0.4 is 11.1 Å². The van der Waals surface area contributed by atoms with Crippen LogP contribution in [0.1, 0.15) is 17.2 Å². The van der Waals surface area contributed by atoms with E-state index in [0.717, 1.165) is 11.1 Å². The van der Waals surface area contributed by atoms with Crippen LogP contribution >= 0.6 is 24.8 Å². The third kappa shape index (κ3) is 7.30. The molecule has 0 radical (unpaired) electrons. The van der Waals surface area contributed by atoms with Crippen molar-refractivity contribution in [1.29, 1.82) is 0 Å². The molecular weight excluding hydrogens is 364 g/mol. The van der Waals surface area contributed by atoms with E-state index in [1.165, 1.54) is 12.1 Å². The van der Waals surface area contributed by atoms with Crippen LogP contribution in [0.5, 0.6) is 0 Å². The minimum atomic E-state index is -0.275. The van der Waals surface area contributed by atoms with Crippen LogP contribution in [0.2, 0.25) is 0 Å². The van der Waals surface area contributed by atoms with E-state index in [4.69, 9.17) is 5.73 Å². The molecule has 1 amide bonds. The van der Waals surface area contributed by atoms with Gasteiger partial charge in [-0.15, -0.1) is 24.8 Å². The summed E-state index contributed by atoms with van der Waals surface area (Å²) in [6, 6.07) is 13.6. The van der Waals surface area contributed by atoms with Crippen molar-refractivity contribution < 1.29 is 9.18 Å². The van der Waals surface area contributed by atoms with Gasteiger partial charge in [-0.2, -0.15) is 0 Å². The zero-order chi connectivity index (χ0) is 16.8. The van der Waals surface area contributed by atoms with E-state index >= 15 is 0 Å². The fraction of sp³-hybridized carbons (Fsp3) is 0.278. The summed E-state index contributed by atoms with van der Waals surface area (Å²) in [5, 5.41) is 2.91. The number of carbonyl (C=O) groups excluding carboxylic acids is 1. The van der Waals surface area contributed by atoms with Crippen LogP contribution in [0.3, 0.4) is 0 Å². The summed E-state index contributed by atoms with van der Waals surface area (Å²) in [7, 11) is 3.81. The summed E-state index contributed by atoms with van der Waals surface area (Å²) in [6.45, 7) is 0.421. The molecule has 2 rings (SSSR count). The van der Waals surface area contributed by atoms with E-state index in [1.54, 1.807) is 18.2 Å². The fourth-order valence-corrected chi connectivity index (χ4v) is 2.41. The van der Waals surface area contributed by atoms with Crippen molar-refractivity contribution in [3.8, 4) is 0 Å². The molecular formula is C18H24Cl2FN3O. The number of rotatable bonds is 6. The second kappa shape index (κ2) is 10.9. The highest BCUT2D eigenvalue weighted by Gasteiger charge is 2.16. The van der Waals surface area contributed by atoms with Crippen molar-refractivity contribution in [1.82, 2.24) is 10.2 Å². The molecule has 1 atom stereocenters. The van der Waals surface area contributed by atoms with Gasteiger partial charge in [-0.25, -0.2) is 4.39 Å². The number of carbonyl (C=O) groups is 1. The average Bonchev–Trinajstić information content (AvgIpc) is 2.49. The van der Waals surface area contributed by atoms with Gasteiger partial charge in [0.15, 0.2) is 0 Å². The number of likely N-dealkylation sites (N-methyl/N-ethyl adjacent to an activating group) is 1. The quantitative estimate of drug-likeness (QED) is 0.748. The van der Waals surface area contributed by atoms with Gasteiger partial charge in [-0.05, 0) is 49.5 Å². The maximum Gasteiger partial charge on any atom is 0.224 e. The number of nitrogen functional groups attached to an aromatic ring is 1. The lowest BCUT2D eigenvalue weighted by atomic mass is 10.1. The number of nitrogens with one attached hydrogen (secondary N) is 1. The predicted octanol–water partition coefficient (Wildman–Crippen LogP) is 3.21. The third-order valence-electron chi connectivity index (χ3n) is 3.69. The molecule has 7 heteroatoms. The van der Waals surface area contributed by atoms with Crippen molar-refractivity contribution in [2.45, 2.75) is 12.5 Å². The summed E-state index contributed by atoms with van der Waals surface area (Å²) >= 11 is 0. The Morgan fingerprint density at radius 1 is 1.16 bits per heavy atom. The second-order valence-corrected chi connectivity index (χ2v) is 5.76. The van der Waals surface area contributed by atoms with Crippen LogP contribution in [-0.2, 0) is 11.2 Å². The molecule has 4 nitrogen and oxygen atoms in total. The van der Waals surface area contributed by atoms with Crippen LogP contribution in [0.25, 0.3) is 0 Å². The standard InChI is InChI=1S/C18H22FN3O.2ClH/c1-22(2)17(14-4-3-5-15(19)11-14)12-21-18(23)10-13-6-8-16(20)9-7-13;;/h3-9,11,17H,10,12,20H2,1-2H3,(H,21,23);2*1H. The molecule has 0 aliphatic rings. The fourth-order valence-electron chi connectivity index (χ4n) is 2.41. The van der Waals surface area contributed by atoms with Crippen LogP contribution in [0.15, 0.2) is 48.5 Å². The Hall–Kier alpha value is -1.82. The van der Waals surface area contributed by atoms with Gasteiger partial charge in [0.2, 0.25) is 5.91 Å². The largest absolute Gasteiger partial charge is 0.399 e. The first-order valence-electron chi connectivity index (χ1n) is 7.48. The minimum absolute atomic E-state index is 0. The van der Waals surface area contributed by atoms with E-state index in [-0.39, 0.29) is 42.6 Å². The van der Waals surface area contributed by atoms with E-state index in [9.17, 15) is 9.18 Å². The lowest BCUT2D eigenvalue weighted by molar-refractivity contribution is -0.120. The topological polar surface area (TPSA) is 58.4 Å². The van der Waals surface area contributed by atoms with Crippen molar-refractivity contribution in [2.24, 2.45) is 0 Å². The molecule has 0 fully saturated rings. The van der Waals surface area contributed by atoms with Crippen molar-refractivity contribution >= 4 is 36.4 Å². The zero-order valence-corrected chi connectivity index (χ0v) is 15.9. The molecule has 2 aromatic rings. The number of hydrogen-bond donors (Lipinski definition) is 2. The highest BCUT2D eigenvalue weighted by atomic mass is 35.5. The van der Waals surface area contributed by atoms with Gasteiger partial charge in [-0.3, -0.25) is 4.79 Å². The Morgan fingerprint density at radius 3 is 2.36 bits per heavy atom. The number of anilines is 1. The minimum Gasteiger partial charge on any atom is -0.399 e. The third-order valence-corrected chi connectivity index (χ3v) is 3.69. The number of nitrogens with zero attached hydrogens (tertiary/aromatic N) is 1. The number of amides is 1. The Balaban J connectivity index is 0.00000288. The molecule has 2 aromatic carbocycles. The number of halogens is 3. The summed E-state index contributed by atoms with van der Waals surface area (Å²) in [5.41, 5.74) is 8.05. The molecule has 3 N–H and O–H groups in total. The summed E-state index contributed by atoms with van der Waals surface area (Å²) in [4.78, 5) is 14.0. The van der Waals surface area contributed by atoms with E-state index in [2.05, 4.69) is 5.32 Å². The van der Waals surface area contributed by atoms with E-state index in [0.29, 0.717) is 18.7 Å². The second-order valence-electron chi connectivity index (χ2n) is 5.76. The SMILES string of the molecule is CN(C)C(CNC(=O)Cc1ccc(N)cc1)c1cccc(F)c1.Cl.Cl. The smallest absolute Gasteiger partial charge is 0.224 e. The number of hydrogen-bond acceptors (Lipinski definition) is 3. The first-order valence-corrected chi connectivity index (χ1v) is 7.48. The molecule has 138 valence electrons. The Kier molecular flexibility index (Phi) is 10.1. The van der Waals surface area contributed by atoms with Gasteiger partial charge < -0.3 is 16.0 Å². The van der Waals surface area contributed by atoms with Gasteiger partial charge in [0.1, 0.15) is 5.82 Å². The Bertz CT molecular complexity index is 666. The van der Waals surface area contributed by atoms with Crippen LogP contribution in [-0.4, -0.2) is 31.4 Å². The molecule has 0 aliphatic heterocycles. The normalized spacial score (nSPS) is 11.2. The summed E-state index contributed by atoms with van der Waals surface area (Å²) < 4.78 is 13.4. The number of nitrogens with two attached hydrogens (primary N) is 1. The molecule has 1 unspecified atom stereocenters. The summed E-state index contributed by atoms with van der Waals surface area (Å²) in [5.74, 6) is -0.347. The monoisotopic (exact) mass is 387 g/mol. The average molecular weight is 388 g/mol. The van der Waals surface area contributed by atoms with E-state index < -0.39 is 0 Å². The molecule has 25 heavy (non-hydrogen) atoms. The van der Waals surface area contributed by atoms with Crippen LogP contribution in [0, 0.1) is 5.82 Å². The zero-order valence-electron chi connectivity index (χ0n) is 14.2. The Morgan fingerprint density at radius 2 is 1.80 bits per heavy atom. The van der Waals surface area contributed by atoms with E-state index in [1.807, 2.05) is 37.2 Å². The molecule has 0 aliphatic carbocycles. The van der Waals surface area contributed by atoms with Gasteiger partial charge in [0, 0.05) is 12.2 Å².